The maximum atomic E-state index is 11.7. The Morgan fingerprint density at radius 2 is 2.04 bits per heavy atom. The maximum absolute atomic E-state index is 11.7. The zero-order chi connectivity index (χ0) is 18.1. The number of aliphatic imine (C=N–C) groups is 1. The molecule has 0 aromatic rings. The molecule has 1 aliphatic carbocycles. The van der Waals surface area contributed by atoms with Gasteiger partial charge in [0.25, 0.3) is 0 Å². The Hall–Kier alpha value is -1.50. The second-order valence-electron chi connectivity index (χ2n) is 6.83. The Morgan fingerprint density at radius 1 is 1.24 bits per heavy atom. The molecule has 2 unspecified atom stereocenters. The normalized spacial score (nSPS) is 22.5. The highest BCUT2D eigenvalue weighted by molar-refractivity contribution is 5.79. The number of carbonyl (C=O) groups excluding carboxylic acids is 1. The van der Waals surface area contributed by atoms with Gasteiger partial charge in [-0.3, -0.25) is 9.89 Å². The minimum atomic E-state index is -0.336. The first-order valence-electron chi connectivity index (χ1n) is 9.87. The first-order chi connectivity index (χ1) is 12.2. The molecule has 0 aromatic carbocycles. The van der Waals surface area contributed by atoms with E-state index in [1.54, 1.807) is 0 Å². The van der Waals surface area contributed by atoms with Gasteiger partial charge in [0.15, 0.2) is 5.96 Å². The number of likely N-dealkylation sites (tertiary alicyclic amines) is 1. The fraction of sp³-hybridized carbons (Fsp3) is 0.889. The van der Waals surface area contributed by atoms with E-state index in [9.17, 15) is 4.79 Å². The number of hydrogen-bond acceptors (Lipinski definition) is 4. The van der Waals surface area contributed by atoms with E-state index in [2.05, 4.69) is 34.7 Å². The summed E-state index contributed by atoms with van der Waals surface area (Å²) in [6.07, 6.45) is 4.50. The Morgan fingerprint density at radius 3 is 2.68 bits per heavy atom. The van der Waals surface area contributed by atoms with Crippen LogP contribution < -0.4 is 16.0 Å². The van der Waals surface area contributed by atoms with Crippen molar-refractivity contribution in [3.8, 4) is 0 Å². The number of carbonyl (C=O) groups is 1. The van der Waals surface area contributed by atoms with E-state index < -0.39 is 0 Å². The number of alkyl carbamates (subject to hydrolysis) is 1. The Labute approximate surface area is 152 Å². The molecule has 7 heteroatoms. The summed E-state index contributed by atoms with van der Waals surface area (Å²) >= 11 is 0. The number of guanidine groups is 1. The van der Waals surface area contributed by atoms with Crippen LogP contribution in [0.5, 0.6) is 0 Å². The fourth-order valence-corrected chi connectivity index (χ4v) is 3.42. The highest BCUT2D eigenvalue weighted by atomic mass is 16.5. The largest absolute Gasteiger partial charge is 0.450 e. The molecule has 25 heavy (non-hydrogen) atoms. The third-order valence-corrected chi connectivity index (χ3v) is 4.97. The van der Waals surface area contributed by atoms with Gasteiger partial charge in [-0.2, -0.15) is 0 Å². The lowest BCUT2D eigenvalue weighted by atomic mass is 10.2. The van der Waals surface area contributed by atoms with Crippen molar-refractivity contribution in [1.82, 2.24) is 20.9 Å². The molecule has 1 heterocycles. The molecule has 7 nitrogen and oxygen atoms in total. The van der Waals surface area contributed by atoms with Crippen molar-refractivity contribution in [2.75, 3.05) is 39.3 Å². The summed E-state index contributed by atoms with van der Waals surface area (Å²) in [6, 6.07) is 0.652. The molecule has 2 aliphatic rings. The van der Waals surface area contributed by atoms with Crippen molar-refractivity contribution in [3.63, 3.8) is 0 Å². The van der Waals surface area contributed by atoms with Crippen LogP contribution >= 0.6 is 0 Å². The van der Waals surface area contributed by atoms with Crippen LogP contribution in [-0.4, -0.2) is 68.4 Å². The number of likely N-dealkylation sites (N-methyl/N-ethyl adjacent to an activating group) is 1. The quantitative estimate of drug-likeness (QED) is 0.433. The minimum absolute atomic E-state index is 0.0631. The molecular formula is C18H35N5O2. The number of hydrogen-bond donors (Lipinski definition) is 3. The monoisotopic (exact) mass is 353 g/mol. The number of amides is 1. The Balaban J connectivity index is 1.85. The number of nitrogens with one attached hydrogen (secondary N) is 3. The lowest BCUT2D eigenvalue weighted by molar-refractivity contribution is 0.147. The smallest absolute Gasteiger partial charge is 0.407 e. The van der Waals surface area contributed by atoms with Crippen LogP contribution in [0.15, 0.2) is 4.99 Å². The standard InChI is InChI=1S/C18H35N5O2/c1-4-19-17(20-12-15-8-7-11-23(15)5-2)21-13-16(14-9-10-14)22-18(24)25-6-3/h14-16H,4-13H2,1-3H3,(H,22,24)(H2,19,20,21). The van der Waals surface area contributed by atoms with Gasteiger partial charge < -0.3 is 20.7 Å². The predicted molar refractivity (Wildman–Crippen MR) is 101 cm³/mol. The topological polar surface area (TPSA) is 78.0 Å². The van der Waals surface area contributed by atoms with E-state index >= 15 is 0 Å². The molecule has 0 spiro atoms. The first kappa shape index (κ1) is 19.8. The van der Waals surface area contributed by atoms with Gasteiger partial charge in [0.1, 0.15) is 0 Å². The predicted octanol–water partition coefficient (Wildman–Crippen LogP) is 1.55. The maximum Gasteiger partial charge on any atom is 0.407 e. The van der Waals surface area contributed by atoms with Crippen LogP contribution in [0.1, 0.15) is 46.5 Å². The second-order valence-corrected chi connectivity index (χ2v) is 6.83. The van der Waals surface area contributed by atoms with E-state index in [-0.39, 0.29) is 12.1 Å². The van der Waals surface area contributed by atoms with Crippen LogP contribution in [-0.2, 0) is 4.74 Å². The average Bonchev–Trinajstić information content (AvgIpc) is 3.34. The summed E-state index contributed by atoms with van der Waals surface area (Å²) in [7, 11) is 0. The third kappa shape index (κ3) is 6.72. The summed E-state index contributed by atoms with van der Waals surface area (Å²) in [4.78, 5) is 18.9. The highest BCUT2D eigenvalue weighted by Crippen LogP contribution is 2.32. The van der Waals surface area contributed by atoms with Crippen LogP contribution in [0, 0.1) is 5.92 Å². The van der Waals surface area contributed by atoms with Gasteiger partial charge in [-0.1, -0.05) is 6.92 Å². The molecule has 0 bridgehead atoms. The highest BCUT2D eigenvalue weighted by Gasteiger charge is 2.32. The number of nitrogens with zero attached hydrogens (tertiary/aromatic N) is 2. The van der Waals surface area contributed by atoms with E-state index in [4.69, 9.17) is 9.73 Å². The minimum Gasteiger partial charge on any atom is -0.450 e. The molecule has 1 aliphatic heterocycles. The third-order valence-electron chi connectivity index (χ3n) is 4.97. The van der Waals surface area contributed by atoms with E-state index in [1.807, 2.05) is 6.92 Å². The zero-order valence-electron chi connectivity index (χ0n) is 16.0. The van der Waals surface area contributed by atoms with Crippen molar-refractivity contribution < 1.29 is 9.53 Å². The average molecular weight is 354 g/mol. The number of ether oxygens (including phenoxy) is 1. The summed E-state index contributed by atoms with van der Waals surface area (Å²) in [6.45, 7) is 11.1. The molecular weight excluding hydrogens is 318 g/mol. The Kier molecular flexibility index (Phi) is 8.31. The molecule has 1 saturated carbocycles. The fourth-order valence-electron chi connectivity index (χ4n) is 3.42. The molecule has 3 N–H and O–H groups in total. The lowest BCUT2D eigenvalue weighted by Gasteiger charge is -2.24. The van der Waals surface area contributed by atoms with Crippen LogP contribution in [0.3, 0.4) is 0 Å². The van der Waals surface area contributed by atoms with Gasteiger partial charge in [-0.15, -0.1) is 0 Å². The summed E-state index contributed by atoms with van der Waals surface area (Å²) in [5.41, 5.74) is 0. The molecule has 1 amide bonds. The summed E-state index contributed by atoms with van der Waals surface area (Å²) in [5.74, 6) is 1.36. The molecule has 0 aromatic heterocycles. The molecule has 2 fully saturated rings. The second kappa shape index (κ2) is 10.5. The van der Waals surface area contributed by atoms with Gasteiger partial charge in [-0.25, -0.2) is 4.79 Å². The van der Waals surface area contributed by atoms with E-state index in [0.717, 1.165) is 38.4 Å². The van der Waals surface area contributed by atoms with Gasteiger partial charge in [0.05, 0.1) is 19.2 Å². The van der Waals surface area contributed by atoms with Crippen molar-refractivity contribution in [2.45, 2.75) is 58.5 Å². The molecule has 1 saturated heterocycles. The van der Waals surface area contributed by atoms with Crippen molar-refractivity contribution in [2.24, 2.45) is 10.9 Å². The van der Waals surface area contributed by atoms with Gasteiger partial charge in [0.2, 0.25) is 0 Å². The van der Waals surface area contributed by atoms with Crippen molar-refractivity contribution >= 4 is 12.1 Å². The zero-order valence-corrected chi connectivity index (χ0v) is 16.0. The van der Waals surface area contributed by atoms with Crippen LogP contribution in [0.2, 0.25) is 0 Å². The number of rotatable bonds is 9. The van der Waals surface area contributed by atoms with Crippen LogP contribution in [0.25, 0.3) is 0 Å². The van der Waals surface area contributed by atoms with Gasteiger partial charge in [0, 0.05) is 19.1 Å². The summed E-state index contributed by atoms with van der Waals surface area (Å²) < 4.78 is 5.01. The van der Waals surface area contributed by atoms with Crippen LogP contribution in [0.4, 0.5) is 4.79 Å². The molecule has 144 valence electrons. The van der Waals surface area contributed by atoms with E-state index in [1.165, 1.54) is 19.4 Å². The molecule has 2 rings (SSSR count). The van der Waals surface area contributed by atoms with Gasteiger partial charge in [-0.05, 0) is 58.5 Å². The van der Waals surface area contributed by atoms with Crippen molar-refractivity contribution in [1.29, 1.82) is 0 Å². The van der Waals surface area contributed by atoms with Gasteiger partial charge >= 0.3 is 6.09 Å². The van der Waals surface area contributed by atoms with E-state index in [0.29, 0.717) is 25.1 Å². The lowest BCUT2D eigenvalue weighted by Crippen LogP contribution is -2.46. The summed E-state index contributed by atoms with van der Waals surface area (Å²) in [5, 5.41) is 9.74. The molecule has 2 atom stereocenters. The first-order valence-corrected chi connectivity index (χ1v) is 9.87. The SMILES string of the molecule is CCNC(=NCC(NC(=O)OCC)C1CC1)NCC1CCCN1CC. The van der Waals surface area contributed by atoms with Crippen molar-refractivity contribution in [3.05, 3.63) is 0 Å². The Bertz CT molecular complexity index is 439. The molecule has 0 radical (unpaired) electrons.